The van der Waals surface area contributed by atoms with Gasteiger partial charge in [0.1, 0.15) is 0 Å². The number of hydrogen-bond donors (Lipinski definition) is 0. The molecule has 2 aliphatic carbocycles. The van der Waals surface area contributed by atoms with Crippen molar-refractivity contribution >= 4 is 11.9 Å². The second kappa shape index (κ2) is 8.25. The Hall–Kier alpha value is -3.02. The van der Waals surface area contributed by atoms with E-state index in [2.05, 4.69) is 12.1 Å². The predicted octanol–water partition coefficient (Wildman–Crippen LogP) is 3.75. The van der Waals surface area contributed by atoms with E-state index in [1.54, 1.807) is 0 Å². The number of benzene rings is 2. The molecule has 0 spiro atoms. The summed E-state index contributed by atoms with van der Waals surface area (Å²) in [6.07, 6.45) is 1.67. The second-order valence-electron chi connectivity index (χ2n) is 8.62. The van der Waals surface area contributed by atoms with E-state index >= 15 is 0 Å². The second-order valence-corrected chi connectivity index (χ2v) is 8.62. The molecule has 0 bridgehead atoms. The number of fused-ring (bicyclic) bond motifs is 1. The zero-order chi connectivity index (χ0) is 21.4. The third-order valence-electron chi connectivity index (χ3n) is 6.42. The summed E-state index contributed by atoms with van der Waals surface area (Å²) in [5, 5.41) is 0. The Balaban J connectivity index is 1.30. The fourth-order valence-corrected chi connectivity index (χ4v) is 4.53. The fourth-order valence-electron chi connectivity index (χ4n) is 4.53. The van der Waals surface area contributed by atoms with E-state index in [-0.39, 0.29) is 42.3 Å². The molecular formula is C25H27NO5. The molecule has 2 saturated carbocycles. The topological polar surface area (TPSA) is 65.1 Å². The number of rotatable bonds is 8. The molecule has 162 valence electrons. The van der Waals surface area contributed by atoms with Gasteiger partial charge in [-0.25, -0.2) is 0 Å². The van der Waals surface area contributed by atoms with E-state index in [0.29, 0.717) is 25.4 Å². The van der Waals surface area contributed by atoms with Gasteiger partial charge in [-0.05, 0) is 54.9 Å². The summed E-state index contributed by atoms with van der Waals surface area (Å²) >= 11 is 0. The zero-order valence-electron chi connectivity index (χ0n) is 17.7. The normalized spacial score (nSPS) is 25.1. The molecule has 0 N–H and O–H groups in total. The molecule has 2 aromatic rings. The van der Waals surface area contributed by atoms with Crippen LogP contribution >= 0.6 is 0 Å². The summed E-state index contributed by atoms with van der Waals surface area (Å²) in [6, 6.07) is 16.0. The predicted molar refractivity (Wildman–Crippen MR) is 114 cm³/mol. The minimum Gasteiger partial charge on any atom is -0.466 e. The number of nitrogens with zero attached hydrogens (tertiary/aromatic N) is 1. The van der Waals surface area contributed by atoms with Crippen molar-refractivity contribution in [2.45, 2.75) is 32.2 Å². The highest BCUT2D eigenvalue weighted by molar-refractivity contribution is 5.83. The van der Waals surface area contributed by atoms with Crippen LogP contribution in [0.5, 0.6) is 11.5 Å². The molecule has 31 heavy (non-hydrogen) atoms. The number of ether oxygens (including phenoxy) is 3. The standard InChI is InChI=1S/C25H27NO5/c1-2-29-25(28)20-11-18(20)14-26(13-16-8-9-22-23(10-16)31-15-30-22)24(27)21-12-19(21)17-6-4-3-5-7-17/h3-10,18-21H,2,11-15H2,1H3/t18-,19+,20-,21-/m1/s1. The Morgan fingerprint density at radius 3 is 2.65 bits per heavy atom. The molecule has 0 unspecified atom stereocenters. The Kier molecular flexibility index (Phi) is 5.30. The van der Waals surface area contributed by atoms with Crippen LogP contribution in [0, 0.1) is 17.8 Å². The van der Waals surface area contributed by atoms with Crippen LogP contribution < -0.4 is 9.47 Å². The van der Waals surface area contributed by atoms with E-state index in [0.717, 1.165) is 24.2 Å². The Bertz CT molecular complexity index is 975. The zero-order valence-corrected chi connectivity index (χ0v) is 17.7. The quantitative estimate of drug-likeness (QED) is 0.608. The van der Waals surface area contributed by atoms with Crippen molar-refractivity contribution < 1.29 is 23.8 Å². The van der Waals surface area contributed by atoms with Gasteiger partial charge in [-0.2, -0.15) is 0 Å². The van der Waals surface area contributed by atoms with Gasteiger partial charge >= 0.3 is 5.97 Å². The third-order valence-corrected chi connectivity index (χ3v) is 6.42. The molecular weight excluding hydrogens is 394 g/mol. The lowest BCUT2D eigenvalue weighted by atomic mass is 10.1. The first kappa shape index (κ1) is 19.9. The summed E-state index contributed by atoms with van der Waals surface area (Å²) in [7, 11) is 0. The molecule has 4 atom stereocenters. The van der Waals surface area contributed by atoms with E-state index < -0.39 is 0 Å². The number of hydrogen-bond acceptors (Lipinski definition) is 5. The van der Waals surface area contributed by atoms with Crippen LogP contribution in [0.15, 0.2) is 48.5 Å². The van der Waals surface area contributed by atoms with Crippen LogP contribution in [0.25, 0.3) is 0 Å². The summed E-state index contributed by atoms with van der Waals surface area (Å²) in [5.41, 5.74) is 2.22. The number of carbonyl (C=O) groups excluding carboxylic acids is 2. The van der Waals surface area contributed by atoms with Crippen LogP contribution in [0.2, 0.25) is 0 Å². The maximum atomic E-state index is 13.4. The summed E-state index contributed by atoms with van der Waals surface area (Å²) in [6.45, 7) is 3.52. The van der Waals surface area contributed by atoms with Gasteiger partial charge in [0.15, 0.2) is 11.5 Å². The van der Waals surface area contributed by atoms with E-state index in [4.69, 9.17) is 14.2 Å². The van der Waals surface area contributed by atoms with Crippen molar-refractivity contribution in [2.24, 2.45) is 17.8 Å². The Morgan fingerprint density at radius 1 is 1.03 bits per heavy atom. The van der Waals surface area contributed by atoms with E-state index in [9.17, 15) is 9.59 Å². The van der Waals surface area contributed by atoms with Crippen LogP contribution in [0.1, 0.15) is 36.8 Å². The van der Waals surface area contributed by atoms with Crippen molar-refractivity contribution in [3.05, 3.63) is 59.7 Å². The first-order valence-electron chi connectivity index (χ1n) is 11.0. The molecule has 0 radical (unpaired) electrons. The molecule has 3 aliphatic rings. The molecule has 6 nitrogen and oxygen atoms in total. The fraction of sp³-hybridized carbons (Fsp3) is 0.440. The summed E-state index contributed by atoms with van der Waals surface area (Å²) in [4.78, 5) is 27.5. The first-order valence-corrected chi connectivity index (χ1v) is 11.0. The molecule has 0 saturated heterocycles. The van der Waals surface area contributed by atoms with Gasteiger partial charge in [0, 0.05) is 19.0 Å². The molecule has 5 rings (SSSR count). The smallest absolute Gasteiger partial charge is 0.309 e. The van der Waals surface area contributed by atoms with Gasteiger partial charge in [0.25, 0.3) is 0 Å². The lowest BCUT2D eigenvalue weighted by molar-refractivity contribution is -0.145. The summed E-state index contributed by atoms with van der Waals surface area (Å²) in [5.74, 6) is 1.86. The third kappa shape index (κ3) is 4.24. The number of amides is 1. The lowest BCUT2D eigenvalue weighted by Gasteiger charge is -2.23. The monoisotopic (exact) mass is 421 g/mol. The van der Waals surface area contributed by atoms with Gasteiger partial charge in [0.2, 0.25) is 12.7 Å². The largest absolute Gasteiger partial charge is 0.466 e. The molecule has 1 aliphatic heterocycles. The van der Waals surface area contributed by atoms with Gasteiger partial charge in [-0.15, -0.1) is 0 Å². The Morgan fingerprint density at radius 2 is 1.84 bits per heavy atom. The van der Waals surface area contributed by atoms with E-state index in [1.807, 2.05) is 48.2 Å². The average molecular weight is 421 g/mol. The van der Waals surface area contributed by atoms with Crippen molar-refractivity contribution in [2.75, 3.05) is 19.9 Å². The molecule has 1 heterocycles. The van der Waals surface area contributed by atoms with Crippen LogP contribution in [0.4, 0.5) is 0 Å². The van der Waals surface area contributed by atoms with Crippen molar-refractivity contribution in [1.82, 2.24) is 4.90 Å². The van der Waals surface area contributed by atoms with Crippen molar-refractivity contribution in [3.63, 3.8) is 0 Å². The number of esters is 1. The minimum absolute atomic E-state index is 0.0104. The van der Waals surface area contributed by atoms with Gasteiger partial charge in [0.05, 0.1) is 12.5 Å². The van der Waals surface area contributed by atoms with Gasteiger partial charge < -0.3 is 19.1 Å². The molecule has 0 aromatic heterocycles. The van der Waals surface area contributed by atoms with Crippen LogP contribution in [0.3, 0.4) is 0 Å². The van der Waals surface area contributed by atoms with Crippen LogP contribution in [-0.4, -0.2) is 36.7 Å². The highest BCUT2D eigenvalue weighted by Gasteiger charge is 2.49. The maximum Gasteiger partial charge on any atom is 0.309 e. The van der Waals surface area contributed by atoms with Crippen LogP contribution in [-0.2, 0) is 20.9 Å². The van der Waals surface area contributed by atoms with Crippen molar-refractivity contribution in [1.29, 1.82) is 0 Å². The van der Waals surface area contributed by atoms with Gasteiger partial charge in [-0.1, -0.05) is 36.4 Å². The highest BCUT2D eigenvalue weighted by Crippen LogP contribution is 2.49. The van der Waals surface area contributed by atoms with Crippen molar-refractivity contribution in [3.8, 4) is 11.5 Å². The summed E-state index contributed by atoms with van der Waals surface area (Å²) < 4.78 is 16.1. The lowest BCUT2D eigenvalue weighted by Crippen LogP contribution is -2.34. The number of carbonyl (C=O) groups is 2. The first-order chi connectivity index (χ1) is 15.1. The molecule has 6 heteroatoms. The van der Waals surface area contributed by atoms with Gasteiger partial charge in [-0.3, -0.25) is 9.59 Å². The maximum absolute atomic E-state index is 13.4. The minimum atomic E-state index is -0.142. The van der Waals surface area contributed by atoms with E-state index in [1.165, 1.54) is 5.56 Å². The average Bonchev–Trinajstić information content (AvgIpc) is 3.69. The highest BCUT2D eigenvalue weighted by atomic mass is 16.7. The Labute approximate surface area is 182 Å². The molecule has 1 amide bonds. The molecule has 2 aromatic carbocycles. The molecule has 2 fully saturated rings. The SMILES string of the molecule is CCOC(=O)[C@@H]1C[C@@H]1CN(Cc1ccc2c(c1)OCO2)C(=O)[C@@H]1C[C@H]1c1ccccc1.